The largest absolute Gasteiger partial charge is 0.456 e. The average molecular weight is 360 g/mol. The first kappa shape index (κ1) is 14.7. The second-order valence-corrected chi connectivity index (χ2v) is 5.72. The quantitative estimate of drug-likeness (QED) is 0.584. The van der Waals surface area contributed by atoms with Gasteiger partial charge in [0.1, 0.15) is 11.5 Å². The molecule has 2 aromatic carbocycles. The highest BCUT2D eigenvalue weighted by Gasteiger charge is 2.07. The van der Waals surface area contributed by atoms with Crippen LogP contribution in [0.3, 0.4) is 0 Å². The van der Waals surface area contributed by atoms with Gasteiger partial charge < -0.3 is 4.74 Å². The molecule has 0 heterocycles. The number of benzene rings is 2. The normalized spacial score (nSPS) is 10.6. The van der Waals surface area contributed by atoms with Crippen molar-refractivity contribution in [3.05, 3.63) is 57.1 Å². The molecule has 0 radical (unpaired) electrons. The van der Waals surface area contributed by atoms with E-state index in [-0.39, 0.29) is 0 Å². The summed E-state index contributed by atoms with van der Waals surface area (Å²) in [6.07, 6.45) is 0. The van der Waals surface area contributed by atoms with Gasteiger partial charge >= 0.3 is 0 Å². The van der Waals surface area contributed by atoms with Gasteiger partial charge in [0.2, 0.25) is 0 Å². The monoisotopic (exact) mass is 358 g/mol. The van der Waals surface area contributed by atoms with Gasteiger partial charge in [-0.3, -0.25) is 0 Å². The van der Waals surface area contributed by atoms with E-state index in [9.17, 15) is 0 Å². The van der Waals surface area contributed by atoms with E-state index in [0.29, 0.717) is 10.8 Å². The summed E-state index contributed by atoms with van der Waals surface area (Å²) < 4.78 is 5.82. The van der Waals surface area contributed by atoms with Gasteiger partial charge in [-0.25, -0.2) is 0 Å². The summed E-state index contributed by atoms with van der Waals surface area (Å²) >= 11 is 15.7. The minimum atomic E-state index is 0.599. The van der Waals surface area contributed by atoms with E-state index >= 15 is 0 Å². The fourth-order valence-corrected chi connectivity index (χ4v) is 2.50. The minimum Gasteiger partial charge on any atom is -0.456 e. The summed E-state index contributed by atoms with van der Waals surface area (Å²) in [5, 5.41) is 2.14. The third kappa shape index (κ3) is 3.44. The molecule has 19 heavy (non-hydrogen) atoms. The van der Waals surface area contributed by atoms with Crippen molar-refractivity contribution in [3.63, 3.8) is 0 Å². The van der Waals surface area contributed by atoms with Crippen LogP contribution in [-0.4, -0.2) is 0 Å². The Bertz CT molecular complexity index is 588. The third-order valence-corrected chi connectivity index (χ3v) is 4.33. The summed E-state index contributed by atoms with van der Waals surface area (Å²) in [6, 6.07) is 9.55. The number of alkyl halides is 1. The molecule has 0 saturated carbocycles. The molecule has 0 bridgehead atoms. The fourth-order valence-electron chi connectivity index (χ4n) is 1.80. The number of halogens is 3. The second-order valence-electron chi connectivity index (χ2n) is 4.37. The Hall–Kier alpha value is -0.700. The molecule has 0 N–H and O–H groups in total. The van der Waals surface area contributed by atoms with E-state index in [0.717, 1.165) is 32.8 Å². The van der Waals surface area contributed by atoms with Gasteiger partial charge in [0, 0.05) is 10.4 Å². The van der Waals surface area contributed by atoms with Crippen LogP contribution in [-0.2, 0) is 5.33 Å². The Morgan fingerprint density at radius 1 is 1.05 bits per heavy atom. The number of aryl methyl sites for hydroxylation is 2. The Labute approximate surface area is 131 Å². The number of rotatable bonds is 3. The van der Waals surface area contributed by atoms with Crippen LogP contribution < -0.4 is 4.74 Å². The zero-order valence-electron chi connectivity index (χ0n) is 10.6. The second kappa shape index (κ2) is 6.17. The predicted octanol–water partition coefficient (Wildman–Crippen LogP) is 6.30. The van der Waals surface area contributed by atoms with E-state index in [1.807, 2.05) is 44.2 Å². The predicted molar refractivity (Wildman–Crippen MR) is 85.1 cm³/mol. The van der Waals surface area contributed by atoms with Crippen molar-refractivity contribution in [1.82, 2.24) is 0 Å². The van der Waals surface area contributed by atoms with Crippen molar-refractivity contribution in [1.29, 1.82) is 0 Å². The summed E-state index contributed by atoms with van der Waals surface area (Å²) in [5.41, 5.74) is 3.09. The zero-order chi connectivity index (χ0) is 14.0. The molecule has 0 fully saturated rings. The molecule has 100 valence electrons. The fraction of sp³-hybridized carbons (Fsp3) is 0.200. The molecule has 0 aliphatic carbocycles. The van der Waals surface area contributed by atoms with E-state index in [1.54, 1.807) is 0 Å². The molecule has 0 unspecified atom stereocenters. The first-order valence-corrected chi connectivity index (χ1v) is 7.68. The molecule has 4 heteroatoms. The Morgan fingerprint density at radius 2 is 1.68 bits per heavy atom. The van der Waals surface area contributed by atoms with E-state index in [2.05, 4.69) is 15.9 Å². The van der Waals surface area contributed by atoms with Gasteiger partial charge in [-0.05, 0) is 54.8 Å². The Morgan fingerprint density at radius 3 is 2.21 bits per heavy atom. The molecular formula is C15H13BrCl2O. The third-order valence-electron chi connectivity index (χ3n) is 2.79. The topological polar surface area (TPSA) is 9.23 Å². The lowest BCUT2D eigenvalue weighted by Gasteiger charge is -2.11. The van der Waals surface area contributed by atoms with Crippen LogP contribution in [0.15, 0.2) is 30.3 Å². The molecule has 0 aliphatic heterocycles. The van der Waals surface area contributed by atoms with E-state index < -0.39 is 0 Å². The number of hydrogen-bond donors (Lipinski definition) is 0. The number of hydrogen-bond acceptors (Lipinski definition) is 1. The van der Waals surface area contributed by atoms with Crippen molar-refractivity contribution in [2.75, 3.05) is 0 Å². The first-order valence-electron chi connectivity index (χ1n) is 5.80. The van der Waals surface area contributed by atoms with Crippen LogP contribution in [0.1, 0.15) is 16.7 Å². The van der Waals surface area contributed by atoms with Crippen LogP contribution in [0.25, 0.3) is 0 Å². The molecule has 2 aromatic rings. The molecule has 0 aliphatic rings. The van der Waals surface area contributed by atoms with Gasteiger partial charge in [-0.2, -0.15) is 0 Å². The molecule has 0 amide bonds. The lowest BCUT2D eigenvalue weighted by atomic mass is 10.1. The van der Waals surface area contributed by atoms with Crippen LogP contribution in [0.2, 0.25) is 10.0 Å². The maximum atomic E-state index is 6.20. The van der Waals surface area contributed by atoms with Crippen LogP contribution in [0, 0.1) is 13.8 Å². The highest BCUT2D eigenvalue weighted by Crippen LogP contribution is 2.33. The summed E-state index contributed by atoms with van der Waals surface area (Å²) in [5.74, 6) is 1.39. The summed E-state index contributed by atoms with van der Waals surface area (Å²) in [4.78, 5) is 0. The van der Waals surface area contributed by atoms with Crippen LogP contribution >= 0.6 is 39.1 Å². The SMILES string of the molecule is Cc1cc(Oc2ccc(CBr)cc2Cl)cc(C)c1Cl. The van der Waals surface area contributed by atoms with Crippen molar-refractivity contribution >= 4 is 39.1 Å². The van der Waals surface area contributed by atoms with Gasteiger partial charge in [-0.1, -0.05) is 45.2 Å². The molecule has 1 nitrogen and oxygen atoms in total. The molecule has 0 saturated heterocycles. The summed E-state index contributed by atoms with van der Waals surface area (Å²) in [7, 11) is 0. The van der Waals surface area contributed by atoms with Crippen LogP contribution in [0.5, 0.6) is 11.5 Å². The van der Waals surface area contributed by atoms with Gasteiger partial charge in [0.15, 0.2) is 0 Å². The maximum absolute atomic E-state index is 6.20. The Balaban J connectivity index is 2.31. The van der Waals surface area contributed by atoms with Gasteiger partial charge in [-0.15, -0.1) is 0 Å². The molecule has 0 spiro atoms. The Kier molecular flexibility index (Phi) is 4.77. The van der Waals surface area contributed by atoms with Crippen molar-refractivity contribution in [3.8, 4) is 11.5 Å². The average Bonchev–Trinajstić information content (AvgIpc) is 2.38. The lowest BCUT2D eigenvalue weighted by Crippen LogP contribution is -1.90. The minimum absolute atomic E-state index is 0.599. The smallest absolute Gasteiger partial charge is 0.146 e. The van der Waals surface area contributed by atoms with Crippen molar-refractivity contribution in [2.24, 2.45) is 0 Å². The molecule has 0 aromatic heterocycles. The highest BCUT2D eigenvalue weighted by atomic mass is 79.9. The lowest BCUT2D eigenvalue weighted by molar-refractivity contribution is 0.482. The molecule has 2 rings (SSSR count). The van der Waals surface area contributed by atoms with E-state index in [1.165, 1.54) is 0 Å². The summed E-state index contributed by atoms with van der Waals surface area (Å²) in [6.45, 7) is 3.91. The van der Waals surface area contributed by atoms with E-state index in [4.69, 9.17) is 27.9 Å². The maximum Gasteiger partial charge on any atom is 0.146 e. The molecule has 0 atom stereocenters. The standard InChI is InChI=1S/C15H13BrCl2O/c1-9-5-12(6-10(2)15(9)18)19-14-4-3-11(8-16)7-13(14)17/h3-7H,8H2,1-2H3. The molecular weight excluding hydrogens is 347 g/mol. The van der Waals surface area contributed by atoms with Gasteiger partial charge in [0.05, 0.1) is 5.02 Å². The first-order chi connectivity index (χ1) is 9.01. The van der Waals surface area contributed by atoms with Gasteiger partial charge in [0.25, 0.3) is 0 Å². The van der Waals surface area contributed by atoms with Crippen molar-refractivity contribution < 1.29 is 4.74 Å². The number of ether oxygens (including phenoxy) is 1. The highest BCUT2D eigenvalue weighted by molar-refractivity contribution is 9.08. The van der Waals surface area contributed by atoms with Crippen molar-refractivity contribution in [2.45, 2.75) is 19.2 Å². The zero-order valence-corrected chi connectivity index (χ0v) is 13.7. The van der Waals surface area contributed by atoms with Crippen LogP contribution in [0.4, 0.5) is 0 Å².